The van der Waals surface area contributed by atoms with Gasteiger partial charge < -0.3 is 0 Å². The van der Waals surface area contributed by atoms with E-state index in [9.17, 15) is 0 Å². The SMILES string of the molecule is CCCCc1c(C#N)nnn1Cc1ccc(Cl)cc1. The van der Waals surface area contributed by atoms with Crippen molar-refractivity contribution in [1.29, 1.82) is 5.26 Å². The van der Waals surface area contributed by atoms with Crippen LogP contribution < -0.4 is 0 Å². The fourth-order valence-electron chi connectivity index (χ4n) is 1.90. The van der Waals surface area contributed by atoms with Crippen LogP contribution in [0.1, 0.15) is 36.7 Å². The Morgan fingerprint density at radius 2 is 2.05 bits per heavy atom. The Morgan fingerprint density at radius 3 is 2.68 bits per heavy atom. The number of benzene rings is 1. The van der Waals surface area contributed by atoms with E-state index in [-0.39, 0.29) is 0 Å². The first kappa shape index (κ1) is 13.6. The van der Waals surface area contributed by atoms with E-state index in [0.29, 0.717) is 17.3 Å². The molecule has 0 radical (unpaired) electrons. The molecule has 0 saturated heterocycles. The van der Waals surface area contributed by atoms with E-state index in [2.05, 4.69) is 23.3 Å². The molecule has 2 rings (SSSR count). The zero-order valence-electron chi connectivity index (χ0n) is 10.8. The zero-order valence-corrected chi connectivity index (χ0v) is 11.6. The standard InChI is InChI=1S/C14H15ClN4/c1-2-3-4-14-13(9-16)17-18-19(14)10-11-5-7-12(15)8-6-11/h5-8H,2-4,10H2,1H3. The number of nitrogens with zero attached hydrogens (tertiary/aromatic N) is 4. The Kier molecular flexibility index (Phi) is 4.53. The number of aromatic nitrogens is 3. The maximum atomic E-state index is 9.05. The average molecular weight is 275 g/mol. The Bertz CT molecular complexity index is 580. The molecule has 0 fully saturated rings. The van der Waals surface area contributed by atoms with Gasteiger partial charge in [-0.3, -0.25) is 0 Å². The highest BCUT2D eigenvalue weighted by atomic mass is 35.5. The van der Waals surface area contributed by atoms with Gasteiger partial charge in [0.2, 0.25) is 0 Å². The van der Waals surface area contributed by atoms with Crippen molar-refractivity contribution >= 4 is 11.6 Å². The summed E-state index contributed by atoms with van der Waals surface area (Å²) in [5.74, 6) is 0. The van der Waals surface area contributed by atoms with Gasteiger partial charge in [0.25, 0.3) is 0 Å². The smallest absolute Gasteiger partial charge is 0.185 e. The van der Waals surface area contributed by atoms with Crippen molar-refractivity contribution in [2.45, 2.75) is 32.7 Å². The number of hydrogen-bond acceptors (Lipinski definition) is 3. The van der Waals surface area contributed by atoms with Crippen LogP contribution in [0.2, 0.25) is 5.02 Å². The molecule has 0 N–H and O–H groups in total. The van der Waals surface area contributed by atoms with Crippen molar-refractivity contribution < 1.29 is 0 Å². The number of halogens is 1. The summed E-state index contributed by atoms with van der Waals surface area (Å²) < 4.78 is 1.80. The van der Waals surface area contributed by atoms with Crippen molar-refractivity contribution in [3.05, 3.63) is 46.2 Å². The normalized spacial score (nSPS) is 10.4. The molecule has 0 unspecified atom stereocenters. The predicted octanol–water partition coefficient (Wildman–Crippen LogP) is 3.19. The summed E-state index contributed by atoms with van der Waals surface area (Å²) >= 11 is 5.86. The highest BCUT2D eigenvalue weighted by Crippen LogP contribution is 2.14. The van der Waals surface area contributed by atoms with Gasteiger partial charge in [0.1, 0.15) is 6.07 Å². The first-order valence-corrected chi connectivity index (χ1v) is 6.69. The average Bonchev–Trinajstić information content (AvgIpc) is 2.81. The molecule has 4 nitrogen and oxygen atoms in total. The lowest BCUT2D eigenvalue weighted by molar-refractivity contribution is 0.606. The fourth-order valence-corrected chi connectivity index (χ4v) is 2.03. The molecule has 0 aliphatic heterocycles. The molecule has 0 saturated carbocycles. The summed E-state index contributed by atoms with van der Waals surface area (Å²) in [4.78, 5) is 0. The van der Waals surface area contributed by atoms with Gasteiger partial charge in [-0.1, -0.05) is 42.3 Å². The summed E-state index contributed by atoms with van der Waals surface area (Å²) in [6, 6.07) is 9.72. The van der Waals surface area contributed by atoms with Crippen molar-refractivity contribution in [3.8, 4) is 6.07 Å². The molecule has 2 aromatic rings. The lowest BCUT2D eigenvalue weighted by Gasteiger charge is -2.06. The Morgan fingerprint density at radius 1 is 1.32 bits per heavy atom. The molecule has 1 aromatic heterocycles. The lowest BCUT2D eigenvalue weighted by atomic mass is 10.1. The van der Waals surface area contributed by atoms with Gasteiger partial charge in [0.15, 0.2) is 5.69 Å². The molecule has 0 amide bonds. The summed E-state index contributed by atoms with van der Waals surface area (Å²) in [6.07, 6.45) is 2.94. The first-order valence-electron chi connectivity index (χ1n) is 6.31. The number of unbranched alkanes of at least 4 members (excludes halogenated alkanes) is 1. The van der Waals surface area contributed by atoms with Gasteiger partial charge in [-0.05, 0) is 30.5 Å². The highest BCUT2D eigenvalue weighted by Gasteiger charge is 2.12. The van der Waals surface area contributed by atoms with E-state index in [1.54, 1.807) is 4.68 Å². The Balaban J connectivity index is 2.22. The Hall–Kier alpha value is -1.86. The molecule has 1 heterocycles. The minimum absolute atomic E-state index is 0.433. The van der Waals surface area contributed by atoms with Gasteiger partial charge in [0, 0.05) is 5.02 Å². The summed E-state index contributed by atoms with van der Waals surface area (Å²) in [5, 5.41) is 17.8. The highest BCUT2D eigenvalue weighted by molar-refractivity contribution is 6.30. The molecule has 0 atom stereocenters. The van der Waals surface area contributed by atoms with Crippen LogP contribution in [-0.4, -0.2) is 15.0 Å². The van der Waals surface area contributed by atoms with E-state index >= 15 is 0 Å². The van der Waals surface area contributed by atoms with Crippen molar-refractivity contribution in [1.82, 2.24) is 15.0 Å². The van der Waals surface area contributed by atoms with Gasteiger partial charge >= 0.3 is 0 Å². The van der Waals surface area contributed by atoms with E-state index in [4.69, 9.17) is 16.9 Å². The second kappa shape index (κ2) is 6.35. The van der Waals surface area contributed by atoms with E-state index < -0.39 is 0 Å². The molecule has 5 heteroatoms. The molecule has 0 aliphatic rings. The third-order valence-corrected chi connectivity index (χ3v) is 3.21. The summed E-state index contributed by atoms with van der Waals surface area (Å²) in [5.41, 5.74) is 2.44. The maximum Gasteiger partial charge on any atom is 0.185 e. The third-order valence-electron chi connectivity index (χ3n) is 2.96. The topological polar surface area (TPSA) is 54.5 Å². The molecule has 0 spiro atoms. The van der Waals surface area contributed by atoms with Crippen LogP contribution in [0.3, 0.4) is 0 Å². The second-order valence-corrected chi connectivity index (χ2v) is 4.82. The van der Waals surface area contributed by atoms with Crippen molar-refractivity contribution in [2.24, 2.45) is 0 Å². The molecule has 0 aliphatic carbocycles. The number of rotatable bonds is 5. The van der Waals surface area contributed by atoms with Crippen LogP contribution in [0, 0.1) is 11.3 Å². The lowest BCUT2D eigenvalue weighted by Crippen LogP contribution is -2.07. The van der Waals surface area contributed by atoms with Gasteiger partial charge in [-0.15, -0.1) is 5.10 Å². The van der Waals surface area contributed by atoms with Crippen LogP contribution in [0.15, 0.2) is 24.3 Å². The molecular weight excluding hydrogens is 260 g/mol. The Labute approximate surface area is 117 Å². The fraction of sp³-hybridized carbons (Fsp3) is 0.357. The van der Waals surface area contributed by atoms with Gasteiger partial charge in [0.05, 0.1) is 12.2 Å². The quantitative estimate of drug-likeness (QED) is 0.841. The minimum atomic E-state index is 0.433. The van der Waals surface area contributed by atoms with Crippen LogP contribution in [0.5, 0.6) is 0 Å². The minimum Gasteiger partial charge on any atom is -0.244 e. The zero-order chi connectivity index (χ0) is 13.7. The molecule has 98 valence electrons. The van der Waals surface area contributed by atoms with Crippen LogP contribution in [0.4, 0.5) is 0 Å². The van der Waals surface area contributed by atoms with E-state index in [1.165, 1.54) is 0 Å². The first-order chi connectivity index (χ1) is 9.24. The number of hydrogen-bond donors (Lipinski definition) is 0. The largest absolute Gasteiger partial charge is 0.244 e. The van der Waals surface area contributed by atoms with Crippen LogP contribution in [0.25, 0.3) is 0 Å². The van der Waals surface area contributed by atoms with Crippen LogP contribution >= 0.6 is 11.6 Å². The van der Waals surface area contributed by atoms with Gasteiger partial charge in [-0.2, -0.15) is 5.26 Å². The number of nitriles is 1. The third kappa shape index (κ3) is 3.33. The second-order valence-electron chi connectivity index (χ2n) is 4.38. The summed E-state index contributed by atoms with van der Waals surface area (Å²) in [6.45, 7) is 2.74. The van der Waals surface area contributed by atoms with E-state index in [0.717, 1.165) is 30.5 Å². The molecule has 0 bridgehead atoms. The van der Waals surface area contributed by atoms with Crippen LogP contribution in [-0.2, 0) is 13.0 Å². The van der Waals surface area contributed by atoms with Crippen molar-refractivity contribution in [2.75, 3.05) is 0 Å². The van der Waals surface area contributed by atoms with E-state index in [1.807, 2.05) is 24.3 Å². The molecule has 1 aromatic carbocycles. The van der Waals surface area contributed by atoms with Gasteiger partial charge in [-0.25, -0.2) is 4.68 Å². The maximum absolute atomic E-state index is 9.05. The molecule has 19 heavy (non-hydrogen) atoms. The van der Waals surface area contributed by atoms with Crippen molar-refractivity contribution in [3.63, 3.8) is 0 Å². The predicted molar refractivity (Wildman–Crippen MR) is 73.9 cm³/mol. The summed E-state index contributed by atoms with van der Waals surface area (Å²) in [7, 11) is 0. The monoisotopic (exact) mass is 274 g/mol. The molecular formula is C14H15ClN4.